The van der Waals surface area contributed by atoms with Gasteiger partial charge in [0.1, 0.15) is 0 Å². The smallest absolute Gasteiger partial charge is 0.240 e. The summed E-state index contributed by atoms with van der Waals surface area (Å²) in [5.74, 6) is 2.58. The second-order valence-electron chi connectivity index (χ2n) is 7.53. The third-order valence-corrected chi connectivity index (χ3v) is 6.48. The van der Waals surface area contributed by atoms with E-state index in [4.69, 9.17) is 0 Å². The monoisotopic (exact) mass is 320 g/mol. The van der Waals surface area contributed by atoms with Gasteiger partial charge in [-0.3, -0.25) is 4.79 Å². The molecule has 4 aliphatic rings. The third-order valence-electron chi connectivity index (χ3n) is 5.68. The van der Waals surface area contributed by atoms with Crippen molar-refractivity contribution in [2.45, 2.75) is 44.9 Å². The van der Waals surface area contributed by atoms with Gasteiger partial charge in [-0.1, -0.05) is 0 Å². The zero-order valence-electron chi connectivity index (χ0n) is 12.6. The summed E-state index contributed by atoms with van der Waals surface area (Å²) in [6.07, 6.45) is 9.98. The molecule has 0 saturated heterocycles. The van der Waals surface area contributed by atoms with Crippen molar-refractivity contribution in [1.29, 1.82) is 0 Å². The minimum absolute atomic E-state index is 0.00947. The standard InChI is InChI=1S/C17H21FN2OS/c18-15-2-1-14(22-15)10-19-20-16(21)9-17-6-11-3-12(7-17)5-13(4-11)8-17/h1-2,10-13H,3-9H2,(H,20,21)/b19-10-. The number of halogens is 1. The van der Waals surface area contributed by atoms with Crippen LogP contribution in [0.4, 0.5) is 4.39 Å². The number of rotatable bonds is 4. The number of carbonyl (C=O) groups excluding carboxylic acids is 1. The zero-order valence-corrected chi connectivity index (χ0v) is 13.4. The van der Waals surface area contributed by atoms with Crippen LogP contribution in [0.1, 0.15) is 49.8 Å². The number of hydrogen-bond donors (Lipinski definition) is 1. The number of nitrogens with zero attached hydrogens (tertiary/aromatic N) is 1. The van der Waals surface area contributed by atoms with Crippen LogP contribution >= 0.6 is 11.3 Å². The first-order chi connectivity index (χ1) is 10.6. The Hall–Kier alpha value is -1.23. The highest BCUT2D eigenvalue weighted by atomic mass is 32.1. The van der Waals surface area contributed by atoms with Gasteiger partial charge in [0.05, 0.1) is 11.1 Å². The van der Waals surface area contributed by atoms with E-state index in [2.05, 4.69) is 10.5 Å². The van der Waals surface area contributed by atoms with Crippen LogP contribution in [0.25, 0.3) is 0 Å². The van der Waals surface area contributed by atoms with Crippen molar-refractivity contribution < 1.29 is 9.18 Å². The van der Waals surface area contributed by atoms with Gasteiger partial charge in [-0.25, -0.2) is 5.43 Å². The first-order valence-electron chi connectivity index (χ1n) is 8.17. The van der Waals surface area contributed by atoms with Gasteiger partial charge in [-0.15, -0.1) is 11.3 Å². The maximum Gasteiger partial charge on any atom is 0.240 e. The van der Waals surface area contributed by atoms with E-state index in [1.165, 1.54) is 50.8 Å². The van der Waals surface area contributed by atoms with Crippen molar-refractivity contribution in [2.75, 3.05) is 0 Å². The van der Waals surface area contributed by atoms with Gasteiger partial charge in [0, 0.05) is 6.42 Å². The normalized spacial score (nSPS) is 36.1. The second kappa shape index (κ2) is 5.44. The molecule has 4 bridgehead atoms. The quantitative estimate of drug-likeness (QED) is 0.662. The van der Waals surface area contributed by atoms with Gasteiger partial charge in [0.25, 0.3) is 0 Å². The van der Waals surface area contributed by atoms with Gasteiger partial charge in [0.15, 0.2) is 5.13 Å². The van der Waals surface area contributed by atoms with Crippen molar-refractivity contribution >= 4 is 23.5 Å². The third kappa shape index (κ3) is 2.83. The van der Waals surface area contributed by atoms with Crippen LogP contribution in [-0.4, -0.2) is 12.1 Å². The Labute approximate surface area is 134 Å². The molecule has 0 atom stereocenters. The van der Waals surface area contributed by atoms with Gasteiger partial charge in [-0.2, -0.15) is 9.49 Å². The zero-order chi connectivity index (χ0) is 15.2. The molecule has 5 heteroatoms. The summed E-state index contributed by atoms with van der Waals surface area (Å²) >= 11 is 1.03. The van der Waals surface area contributed by atoms with Crippen LogP contribution < -0.4 is 5.43 Å². The minimum Gasteiger partial charge on any atom is -0.273 e. The molecule has 4 aliphatic carbocycles. The summed E-state index contributed by atoms with van der Waals surface area (Å²) < 4.78 is 12.9. The van der Waals surface area contributed by atoms with Gasteiger partial charge < -0.3 is 0 Å². The fourth-order valence-corrected chi connectivity index (χ4v) is 6.05. The molecule has 0 radical (unpaired) electrons. The van der Waals surface area contributed by atoms with E-state index in [-0.39, 0.29) is 16.5 Å². The molecule has 22 heavy (non-hydrogen) atoms. The Balaban J connectivity index is 1.35. The molecule has 0 unspecified atom stereocenters. The molecule has 0 spiro atoms. The SMILES string of the molecule is O=C(CC12CC3CC(CC(C3)C1)C2)N/N=C\c1ccc(F)s1. The average Bonchev–Trinajstić information content (AvgIpc) is 2.82. The molecule has 0 aromatic carbocycles. The maximum absolute atomic E-state index is 12.9. The number of carbonyl (C=O) groups is 1. The van der Waals surface area contributed by atoms with Crippen LogP contribution in [-0.2, 0) is 4.79 Å². The number of amides is 1. The van der Waals surface area contributed by atoms with E-state index < -0.39 is 0 Å². The predicted octanol–water partition coefficient (Wildman–Crippen LogP) is 3.94. The highest BCUT2D eigenvalue weighted by molar-refractivity contribution is 7.12. The Morgan fingerprint density at radius 3 is 2.45 bits per heavy atom. The molecule has 118 valence electrons. The molecule has 1 amide bonds. The molecule has 4 fully saturated rings. The Kier molecular flexibility index (Phi) is 3.56. The molecule has 4 saturated carbocycles. The van der Waals surface area contributed by atoms with E-state index in [0.29, 0.717) is 11.3 Å². The highest BCUT2D eigenvalue weighted by Gasteiger charge is 2.51. The lowest BCUT2D eigenvalue weighted by molar-refractivity contribution is -0.129. The lowest BCUT2D eigenvalue weighted by Crippen LogP contribution is -2.47. The summed E-state index contributed by atoms with van der Waals surface area (Å²) in [6.45, 7) is 0. The second-order valence-corrected chi connectivity index (χ2v) is 8.59. The van der Waals surface area contributed by atoms with Crippen LogP contribution in [0.2, 0.25) is 0 Å². The van der Waals surface area contributed by atoms with E-state index in [1.54, 1.807) is 6.07 Å². The van der Waals surface area contributed by atoms with E-state index in [1.807, 2.05) is 0 Å². The Morgan fingerprint density at radius 1 is 1.27 bits per heavy atom. The lowest BCUT2D eigenvalue weighted by atomic mass is 9.49. The fourth-order valence-electron chi connectivity index (χ4n) is 5.45. The molecule has 1 aromatic heterocycles. The summed E-state index contributed by atoms with van der Waals surface area (Å²) in [5, 5.41) is 3.74. The molecule has 0 aliphatic heterocycles. The van der Waals surface area contributed by atoms with Gasteiger partial charge in [-0.05, 0) is 73.8 Å². The lowest BCUT2D eigenvalue weighted by Gasteiger charge is -2.56. The van der Waals surface area contributed by atoms with E-state index >= 15 is 0 Å². The summed E-state index contributed by atoms with van der Waals surface area (Å²) in [7, 11) is 0. The molecule has 1 heterocycles. The summed E-state index contributed by atoms with van der Waals surface area (Å²) in [4.78, 5) is 12.9. The molecule has 5 rings (SSSR count). The van der Waals surface area contributed by atoms with Crippen molar-refractivity contribution in [3.63, 3.8) is 0 Å². The summed E-state index contributed by atoms with van der Waals surface area (Å²) in [6, 6.07) is 3.07. The molecular formula is C17H21FN2OS. The predicted molar refractivity (Wildman–Crippen MR) is 85.2 cm³/mol. The Morgan fingerprint density at radius 2 is 1.91 bits per heavy atom. The topological polar surface area (TPSA) is 41.5 Å². The largest absolute Gasteiger partial charge is 0.273 e. The first kappa shape index (κ1) is 14.4. The van der Waals surface area contributed by atoms with Crippen molar-refractivity contribution in [1.82, 2.24) is 5.43 Å². The maximum atomic E-state index is 12.9. The molecule has 3 nitrogen and oxygen atoms in total. The van der Waals surface area contributed by atoms with E-state index in [9.17, 15) is 9.18 Å². The molecule has 1 N–H and O–H groups in total. The molecular weight excluding hydrogens is 299 g/mol. The minimum atomic E-state index is -0.235. The van der Waals surface area contributed by atoms with E-state index in [0.717, 1.165) is 29.1 Å². The number of hydrazone groups is 1. The highest BCUT2D eigenvalue weighted by Crippen LogP contribution is 2.61. The van der Waals surface area contributed by atoms with Gasteiger partial charge in [0.2, 0.25) is 5.91 Å². The Bertz CT molecular complexity index is 574. The number of thiophene rings is 1. The summed E-state index contributed by atoms with van der Waals surface area (Å²) in [5.41, 5.74) is 2.87. The van der Waals surface area contributed by atoms with Crippen molar-refractivity contribution in [3.05, 3.63) is 22.1 Å². The van der Waals surface area contributed by atoms with Crippen molar-refractivity contribution in [2.24, 2.45) is 28.3 Å². The molecule has 1 aromatic rings. The first-order valence-corrected chi connectivity index (χ1v) is 8.99. The fraction of sp³-hybridized carbons (Fsp3) is 0.647. The van der Waals surface area contributed by atoms with Crippen LogP contribution in [0.15, 0.2) is 17.2 Å². The van der Waals surface area contributed by atoms with Crippen LogP contribution in [0.3, 0.4) is 0 Å². The number of nitrogens with one attached hydrogen (secondary N) is 1. The number of hydrogen-bond acceptors (Lipinski definition) is 3. The van der Waals surface area contributed by atoms with Crippen molar-refractivity contribution in [3.8, 4) is 0 Å². The van der Waals surface area contributed by atoms with Crippen LogP contribution in [0, 0.1) is 28.3 Å². The average molecular weight is 320 g/mol. The van der Waals surface area contributed by atoms with Gasteiger partial charge >= 0.3 is 0 Å². The van der Waals surface area contributed by atoms with Crippen LogP contribution in [0.5, 0.6) is 0 Å².